The molecule has 0 bridgehead atoms. The van der Waals surface area contributed by atoms with E-state index in [1.165, 1.54) is 32.4 Å². The molecule has 0 spiro atoms. The van der Waals surface area contributed by atoms with Crippen LogP contribution in [0.5, 0.6) is 0 Å². The maximum Gasteiger partial charge on any atom is 0.344 e. The summed E-state index contributed by atoms with van der Waals surface area (Å²) in [4.78, 5) is 22.5. The SMILES string of the molecule is Cc1cn2cc(-c3cc4ccc(N5CCC(N6CCCC6)C5)cc4oc3=O)cc2c(C)n1. The molecule has 0 aliphatic carbocycles. The van der Waals surface area contributed by atoms with Crippen molar-refractivity contribution in [3.63, 3.8) is 0 Å². The molecular formula is C26H28N4O2. The topological polar surface area (TPSA) is 54.0 Å². The number of hydrogen-bond donors (Lipinski definition) is 0. The van der Waals surface area contributed by atoms with E-state index in [9.17, 15) is 4.79 Å². The molecule has 2 fully saturated rings. The Hall–Kier alpha value is -3.12. The molecule has 1 atom stereocenters. The molecule has 164 valence electrons. The van der Waals surface area contributed by atoms with Crippen molar-refractivity contribution in [2.24, 2.45) is 0 Å². The number of benzene rings is 1. The third-order valence-electron chi connectivity index (χ3n) is 7.11. The van der Waals surface area contributed by atoms with Crippen molar-refractivity contribution < 1.29 is 4.42 Å². The second-order valence-electron chi connectivity index (χ2n) is 9.29. The molecule has 0 saturated carbocycles. The first-order valence-electron chi connectivity index (χ1n) is 11.6. The average molecular weight is 429 g/mol. The Morgan fingerprint density at radius 3 is 2.72 bits per heavy atom. The van der Waals surface area contributed by atoms with E-state index in [-0.39, 0.29) is 5.63 Å². The summed E-state index contributed by atoms with van der Waals surface area (Å²) in [6.45, 7) is 8.54. The summed E-state index contributed by atoms with van der Waals surface area (Å²) < 4.78 is 7.84. The summed E-state index contributed by atoms with van der Waals surface area (Å²) in [5, 5.41) is 0.944. The minimum absolute atomic E-state index is 0.302. The van der Waals surface area contributed by atoms with Gasteiger partial charge in [-0.15, -0.1) is 0 Å². The fourth-order valence-corrected chi connectivity index (χ4v) is 5.45. The first kappa shape index (κ1) is 19.6. The highest BCUT2D eigenvalue weighted by Gasteiger charge is 2.29. The van der Waals surface area contributed by atoms with Crippen LogP contribution in [0.25, 0.3) is 27.6 Å². The van der Waals surface area contributed by atoms with Crippen LogP contribution in [0.1, 0.15) is 30.7 Å². The van der Waals surface area contributed by atoms with E-state index in [1.54, 1.807) is 0 Å². The lowest BCUT2D eigenvalue weighted by molar-refractivity contribution is 0.260. The Kier molecular flexibility index (Phi) is 4.57. The highest BCUT2D eigenvalue weighted by atomic mass is 16.4. The minimum atomic E-state index is -0.302. The van der Waals surface area contributed by atoms with Crippen molar-refractivity contribution in [3.05, 3.63) is 64.5 Å². The molecule has 1 unspecified atom stereocenters. The molecule has 6 nitrogen and oxygen atoms in total. The summed E-state index contributed by atoms with van der Waals surface area (Å²) in [5.74, 6) is 0. The fourth-order valence-electron chi connectivity index (χ4n) is 5.45. The van der Waals surface area contributed by atoms with Gasteiger partial charge in [0.1, 0.15) is 5.58 Å². The van der Waals surface area contributed by atoms with E-state index >= 15 is 0 Å². The summed E-state index contributed by atoms with van der Waals surface area (Å²) in [6, 6.07) is 10.9. The molecule has 2 aliphatic heterocycles. The van der Waals surface area contributed by atoms with Crippen LogP contribution in [0.4, 0.5) is 5.69 Å². The van der Waals surface area contributed by atoms with Crippen molar-refractivity contribution >= 4 is 22.2 Å². The number of fused-ring (bicyclic) bond motifs is 2. The molecule has 6 heteroatoms. The fraction of sp³-hybridized carbons (Fsp3) is 0.385. The summed E-state index contributed by atoms with van der Waals surface area (Å²) in [7, 11) is 0. The van der Waals surface area contributed by atoms with Crippen molar-refractivity contribution in [1.29, 1.82) is 0 Å². The summed E-state index contributed by atoms with van der Waals surface area (Å²) in [6.07, 6.45) is 7.82. The second-order valence-corrected chi connectivity index (χ2v) is 9.29. The molecule has 2 saturated heterocycles. The van der Waals surface area contributed by atoms with Gasteiger partial charge in [-0.3, -0.25) is 9.88 Å². The largest absolute Gasteiger partial charge is 0.422 e. The maximum atomic E-state index is 12.9. The van der Waals surface area contributed by atoms with E-state index in [0.29, 0.717) is 17.2 Å². The number of aryl methyl sites for hydroxylation is 2. The molecular weight excluding hydrogens is 400 g/mol. The van der Waals surface area contributed by atoms with Crippen molar-refractivity contribution in [1.82, 2.24) is 14.3 Å². The average Bonchev–Trinajstić information content (AvgIpc) is 3.52. The van der Waals surface area contributed by atoms with E-state index < -0.39 is 0 Å². The number of hydrogen-bond acceptors (Lipinski definition) is 5. The Labute approximate surface area is 187 Å². The highest BCUT2D eigenvalue weighted by Crippen LogP contribution is 2.30. The Balaban J connectivity index is 1.33. The standard InChI is InChI=1S/C26H28N4O2/c1-17-14-30-15-20(12-24(30)18(2)27-17)23-11-19-5-6-21(13-25(19)32-26(23)31)29-10-7-22(16-29)28-8-3-4-9-28/h5-6,11-15,22H,3-4,7-10,16H2,1-2H3. The molecule has 3 aromatic heterocycles. The molecule has 1 aromatic carbocycles. The van der Waals surface area contributed by atoms with Crippen molar-refractivity contribution in [2.75, 3.05) is 31.1 Å². The van der Waals surface area contributed by atoms with E-state index in [1.807, 2.05) is 48.8 Å². The van der Waals surface area contributed by atoms with Crippen molar-refractivity contribution in [2.45, 2.75) is 39.2 Å². The number of rotatable bonds is 3. The van der Waals surface area contributed by atoms with Crippen LogP contribution in [0.15, 0.2) is 51.9 Å². The van der Waals surface area contributed by atoms with Gasteiger partial charge in [-0.05, 0) is 70.5 Å². The normalized spacial score (nSPS) is 19.6. The number of nitrogens with zero attached hydrogens (tertiary/aromatic N) is 4. The van der Waals surface area contributed by atoms with E-state index in [2.05, 4.69) is 26.9 Å². The lowest BCUT2D eigenvalue weighted by Crippen LogP contribution is -2.35. The zero-order valence-corrected chi connectivity index (χ0v) is 18.7. The van der Waals surface area contributed by atoms with Crippen LogP contribution in [0.2, 0.25) is 0 Å². The van der Waals surface area contributed by atoms with Gasteiger partial charge >= 0.3 is 5.63 Å². The lowest BCUT2D eigenvalue weighted by atomic mass is 10.1. The lowest BCUT2D eigenvalue weighted by Gasteiger charge is -2.24. The molecule has 0 radical (unpaired) electrons. The minimum Gasteiger partial charge on any atom is -0.422 e. The Morgan fingerprint density at radius 1 is 1.03 bits per heavy atom. The molecule has 2 aliphatic rings. The van der Waals surface area contributed by atoms with Crippen LogP contribution < -0.4 is 10.5 Å². The molecule has 4 aromatic rings. The van der Waals surface area contributed by atoms with E-state index in [4.69, 9.17) is 4.42 Å². The molecule has 32 heavy (non-hydrogen) atoms. The molecule has 0 N–H and O–H groups in total. The van der Waals surface area contributed by atoms with Gasteiger partial charge in [0.05, 0.1) is 22.5 Å². The smallest absolute Gasteiger partial charge is 0.344 e. The predicted octanol–water partition coefficient (Wildman–Crippen LogP) is 4.40. The number of anilines is 1. The monoisotopic (exact) mass is 428 g/mol. The molecule has 5 heterocycles. The third kappa shape index (κ3) is 3.30. The highest BCUT2D eigenvalue weighted by molar-refractivity contribution is 5.85. The first-order valence-corrected chi connectivity index (χ1v) is 11.6. The van der Waals surface area contributed by atoms with Crippen LogP contribution >= 0.6 is 0 Å². The second kappa shape index (κ2) is 7.48. The van der Waals surface area contributed by atoms with Gasteiger partial charge < -0.3 is 13.7 Å². The quantitative estimate of drug-likeness (QED) is 0.453. The van der Waals surface area contributed by atoms with Crippen LogP contribution in [-0.4, -0.2) is 46.5 Å². The van der Waals surface area contributed by atoms with Gasteiger partial charge in [0, 0.05) is 54.2 Å². The van der Waals surface area contributed by atoms with Gasteiger partial charge in [-0.1, -0.05) is 0 Å². The van der Waals surface area contributed by atoms with Gasteiger partial charge in [-0.2, -0.15) is 0 Å². The number of likely N-dealkylation sites (tertiary alicyclic amines) is 1. The molecule has 6 rings (SSSR count). The molecule has 0 amide bonds. The van der Waals surface area contributed by atoms with Crippen LogP contribution in [-0.2, 0) is 0 Å². The van der Waals surface area contributed by atoms with Gasteiger partial charge in [0.15, 0.2) is 0 Å². The van der Waals surface area contributed by atoms with Gasteiger partial charge in [-0.25, -0.2) is 4.79 Å². The third-order valence-corrected chi connectivity index (χ3v) is 7.11. The first-order chi connectivity index (χ1) is 15.5. The summed E-state index contributed by atoms with van der Waals surface area (Å²) >= 11 is 0. The van der Waals surface area contributed by atoms with Gasteiger partial charge in [0.25, 0.3) is 0 Å². The number of aromatic nitrogens is 2. The summed E-state index contributed by atoms with van der Waals surface area (Å²) in [5.41, 5.74) is 5.83. The Bertz CT molecular complexity index is 1380. The van der Waals surface area contributed by atoms with Gasteiger partial charge in [0.2, 0.25) is 0 Å². The van der Waals surface area contributed by atoms with Crippen LogP contribution in [0.3, 0.4) is 0 Å². The van der Waals surface area contributed by atoms with Crippen LogP contribution in [0, 0.1) is 13.8 Å². The zero-order valence-electron chi connectivity index (χ0n) is 18.7. The van der Waals surface area contributed by atoms with E-state index in [0.717, 1.165) is 46.6 Å². The predicted molar refractivity (Wildman–Crippen MR) is 128 cm³/mol. The maximum absolute atomic E-state index is 12.9. The zero-order chi connectivity index (χ0) is 21.8. The Morgan fingerprint density at radius 2 is 1.88 bits per heavy atom. The van der Waals surface area contributed by atoms with Crippen molar-refractivity contribution in [3.8, 4) is 11.1 Å².